The maximum absolute atomic E-state index is 13.1. The van der Waals surface area contributed by atoms with Gasteiger partial charge in [0.1, 0.15) is 12.2 Å². The molecule has 3 heterocycles. The number of rotatable bonds is 5. The summed E-state index contributed by atoms with van der Waals surface area (Å²) in [5.74, 6) is -0.242. The Morgan fingerprint density at radius 3 is 2.56 bits per heavy atom. The van der Waals surface area contributed by atoms with Crippen molar-refractivity contribution in [2.75, 3.05) is 25.0 Å². The SMILES string of the molecule is CC(=O)c1ccc(NC(=O)N2CCC(=O)N3[C@@H]2CN(CCc2cccs2)C(=O)[C@@H]3C)cc1. The normalized spacial score (nSPS) is 20.9. The lowest BCUT2D eigenvalue weighted by atomic mass is 10.0. The van der Waals surface area contributed by atoms with Crippen molar-refractivity contribution in [1.29, 1.82) is 0 Å². The maximum atomic E-state index is 13.1. The smallest absolute Gasteiger partial charge is 0.323 e. The molecule has 168 valence electrons. The fourth-order valence-electron chi connectivity index (χ4n) is 4.26. The Balaban J connectivity index is 1.49. The van der Waals surface area contributed by atoms with E-state index in [9.17, 15) is 19.2 Å². The van der Waals surface area contributed by atoms with E-state index >= 15 is 0 Å². The highest BCUT2D eigenvalue weighted by Gasteiger charge is 2.46. The first-order valence-electron chi connectivity index (χ1n) is 10.7. The monoisotopic (exact) mass is 454 g/mol. The Morgan fingerprint density at radius 1 is 1.16 bits per heavy atom. The number of urea groups is 1. The molecule has 0 bridgehead atoms. The number of anilines is 1. The molecule has 4 rings (SSSR count). The van der Waals surface area contributed by atoms with Gasteiger partial charge in [0.05, 0.1) is 6.54 Å². The number of carbonyl (C=O) groups excluding carboxylic acids is 4. The molecule has 1 aromatic carbocycles. The molecule has 2 saturated heterocycles. The molecule has 0 spiro atoms. The number of amides is 4. The summed E-state index contributed by atoms with van der Waals surface area (Å²) in [5.41, 5.74) is 1.14. The molecule has 9 heteroatoms. The van der Waals surface area contributed by atoms with Gasteiger partial charge in [0.2, 0.25) is 11.8 Å². The van der Waals surface area contributed by atoms with Crippen molar-refractivity contribution >= 4 is 40.7 Å². The minimum Gasteiger partial charge on any atom is -0.337 e. The van der Waals surface area contributed by atoms with Gasteiger partial charge in [-0.3, -0.25) is 14.4 Å². The van der Waals surface area contributed by atoms with Crippen molar-refractivity contribution in [1.82, 2.24) is 14.7 Å². The van der Waals surface area contributed by atoms with Crippen molar-refractivity contribution in [3.63, 3.8) is 0 Å². The van der Waals surface area contributed by atoms with Crippen LogP contribution in [0.25, 0.3) is 0 Å². The summed E-state index contributed by atoms with van der Waals surface area (Å²) >= 11 is 1.65. The molecule has 8 nitrogen and oxygen atoms in total. The van der Waals surface area contributed by atoms with Crippen LogP contribution in [0.15, 0.2) is 41.8 Å². The molecule has 2 aliphatic rings. The number of nitrogens with zero attached hydrogens (tertiary/aromatic N) is 3. The second-order valence-electron chi connectivity index (χ2n) is 8.08. The molecule has 0 unspecified atom stereocenters. The zero-order chi connectivity index (χ0) is 22.8. The fraction of sp³-hybridized carbons (Fsp3) is 0.391. The third-order valence-corrected chi connectivity index (χ3v) is 6.95. The Bertz CT molecular complexity index is 1020. The minimum absolute atomic E-state index is 0.0449. The van der Waals surface area contributed by atoms with E-state index in [0.29, 0.717) is 17.8 Å². The highest BCUT2D eigenvalue weighted by molar-refractivity contribution is 7.09. The predicted octanol–water partition coefficient (Wildman–Crippen LogP) is 2.82. The lowest BCUT2D eigenvalue weighted by Gasteiger charge is -2.51. The molecule has 2 aromatic rings. The number of Topliss-reactive ketones (excluding diaryl/α,β-unsaturated/α-hetero) is 1. The third-order valence-electron chi connectivity index (χ3n) is 6.02. The average molecular weight is 455 g/mol. The zero-order valence-corrected chi connectivity index (χ0v) is 18.9. The maximum Gasteiger partial charge on any atom is 0.323 e. The van der Waals surface area contributed by atoms with E-state index in [2.05, 4.69) is 5.32 Å². The summed E-state index contributed by atoms with van der Waals surface area (Å²) in [6.07, 6.45) is 0.412. The Labute approximate surface area is 190 Å². The van der Waals surface area contributed by atoms with E-state index in [1.54, 1.807) is 57.2 Å². The summed E-state index contributed by atoms with van der Waals surface area (Å²) in [4.78, 5) is 56.2. The predicted molar refractivity (Wildman–Crippen MR) is 121 cm³/mol. The van der Waals surface area contributed by atoms with Crippen molar-refractivity contribution < 1.29 is 19.2 Å². The van der Waals surface area contributed by atoms with Crippen molar-refractivity contribution in [3.05, 3.63) is 52.2 Å². The van der Waals surface area contributed by atoms with Gasteiger partial charge in [0.25, 0.3) is 0 Å². The molecule has 2 fully saturated rings. The molecule has 1 N–H and O–H groups in total. The van der Waals surface area contributed by atoms with Gasteiger partial charge >= 0.3 is 6.03 Å². The van der Waals surface area contributed by atoms with Crippen LogP contribution in [0.2, 0.25) is 0 Å². The number of hydrogen-bond donors (Lipinski definition) is 1. The van der Waals surface area contributed by atoms with Gasteiger partial charge in [-0.2, -0.15) is 0 Å². The highest BCUT2D eigenvalue weighted by Crippen LogP contribution is 2.26. The molecule has 2 atom stereocenters. The largest absolute Gasteiger partial charge is 0.337 e. The number of piperazine rings is 1. The first-order valence-corrected chi connectivity index (χ1v) is 11.5. The van der Waals surface area contributed by atoms with Crippen LogP contribution in [0.3, 0.4) is 0 Å². The van der Waals surface area contributed by atoms with Gasteiger partial charge in [-0.15, -0.1) is 11.3 Å². The molecule has 0 aliphatic carbocycles. The van der Waals surface area contributed by atoms with E-state index in [-0.39, 0.29) is 43.1 Å². The second-order valence-corrected chi connectivity index (χ2v) is 9.11. The molecule has 0 radical (unpaired) electrons. The summed E-state index contributed by atoms with van der Waals surface area (Å²) < 4.78 is 0. The van der Waals surface area contributed by atoms with E-state index in [1.165, 1.54) is 11.8 Å². The van der Waals surface area contributed by atoms with Crippen LogP contribution < -0.4 is 5.32 Å². The second kappa shape index (κ2) is 9.12. The molecule has 32 heavy (non-hydrogen) atoms. The van der Waals surface area contributed by atoms with Crippen molar-refractivity contribution in [2.45, 2.75) is 38.9 Å². The number of benzene rings is 1. The molecule has 1 aromatic heterocycles. The first-order chi connectivity index (χ1) is 15.3. The van der Waals surface area contributed by atoms with Crippen LogP contribution in [0.4, 0.5) is 10.5 Å². The van der Waals surface area contributed by atoms with E-state index in [0.717, 1.165) is 6.42 Å². The quantitative estimate of drug-likeness (QED) is 0.704. The summed E-state index contributed by atoms with van der Waals surface area (Å²) in [7, 11) is 0. The standard InChI is InChI=1S/C23H26N4O4S/c1-15-22(30)25(11-9-19-4-3-13-32-19)14-20-26(12-10-21(29)27(15)20)23(31)24-18-7-5-17(6-8-18)16(2)28/h3-8,13,15,20H,9-12,14H2,1-2H3,(H,24,31)/t15-,20+/m0/s1. The molecule has 4 amide bonds. The molecule has 2 aliphatic heterocycles. The van der Waals surface area contributed by atoms with Gasteiger partial charge < -0.3 is 20.0 Å². The van der Waals surface area contributed by atoms with E-state index < -0.39 is 12.2 Å². The lowest BCUT2D eigenvalue weighted by Crippen LogP contribution is -2.71. The number of hydrogen-bond acceptors (Lipinski definition) is 5. The lowest BCUT2D eigenvalue weighted by molar-refractivity contribution is -0.165. The first kappa shape index (κ1) is 22.0. The Hall–Kier alpha value is -3.20. The fourth-order valence-corrected chi connectivity index (χ4v) is 4.96. The van der Waals surface area contributed by atoms with Crippen LogP contribution in [0, 0.1) is 0 Å². The minimum atomic E-state index is -0.616. The molecular formula is C23H26N4O4S. The van der Waals surface area contributed by atoms with Gasteiger partial charge in [0.15, 0.2) is 5.78 Å². The van der Waals surface area contributed by atoms with Gasteiger partial charge in [-0.25, -0.2) is 4.79 Å². The molecule has 0 saturated carbocycles. The van der Waals surface area contributed by atoms with Crippen molar-refractivity contribution in [2.24, 2.45) is 0 Å². The van der Waals surface area contributed by atoms with Gasteiger partial charge in [0, 0.05) is 35.6 Å². The third kappa shape index (κ3) is 4.38. The zero-order valence-electron chi connectivity index (χ0n) is 18.1. The highest BCUT2D eigenvalue weighted by atomic mass is 32.1. The van der Waals surface area contributed by atoms with Crippen LogP contribution in [-0.4, -0.2) is 70.2 Å². The van der Waals surface area contributed by atoms with E-state index in [4.69, 9.17) is 0 Å². The van der Waals surface area contributed by atoms with Gasteiger partial charge in [-0.05, 0) is 56.0 Å². The topological polar surface area (TPSA) is 90.0 Å². The van der Waals surface area contributed by atoms with Crippen molar-refractivity contribution in [3.8, 4) is 0 Å². The average Bonchev–Trinajstić information content (AvgIpc) is 3.29. The van der Waals surface area contributed by atoms with Crippen LogP contribution >= 0.6 is 11.3 Å². The number of ketones is 1. The Kier molecular flexibility index (Phi) is 6.27. The number of carbonyl (C=O) groups is 4. The molecular weight excluding hydrogens is 428 g/mol. The summed E-state index contributed by atoms with van der Waals surface area (Å²) in [5, 5.41) is 4.86. The number of thiophene rings is 1. The van der Waals surface area contributed by atoms with Crippen LogP contribution in [0.1, 0.15) is 35.5 Å². The Morgan fingerprint density at radius 2 is 1.91 bits per heavy atom. The van der Waals surface area contributed by atoms with Crippen LogP contribution in [-0.2, 0) is 16.0 Å². The summed E-state index contributed by atoms with van der Waals surface area (Å²) in [6, 6.07) is 9.77. The van der Waals surface area contributed by atoms with E-state index in [1.807, 2.05) is 17.5 Å². The van der Waals surface area contributed by atoms with Gasteiger partial charge in [-0.1, -0.05) is 6.07 Å². The number of fused-ring (bicyclic) bond motifs is 1. The summed E-state index contributed by atoms with van der Waals surface area (Å²) in [6.45, 7) is 4.34. The number of nitrogens with one attached hydrogen (secondary N) is 1. The van der Waals surface area contributed by atoms with Crippen LogP contribution in [0.5, 0.6) is 0 Å².